The maximum Gasteiger partial charge on any atom is 0.272 e. The van der Waals surface area contributed by atoms with E-state index < -0.39 is 0 Å². The Morgan fingerprint density at radius 3 is 2.57 bits per heavy atom. The normalized spacial score (nSPS) is 15.8. The molecule has 0 radical (unpaired) electrons. The van der Waals surface area contributed by atoms with Gasteiger partial charge in [0.1, 0.15) is 5.69 Å². The number of nitrogens with zero attached hydrogens (tertiary/aromatic N) is 3. The minimum absolute atomic E-state index is 0.0341. The molecule has 0 saturated carbocycles. The molecule has 1 aliphatic rings. The summed E-state index contributed by atoms with van der Waals surface area (Å²) in [5, 5.41) is 2.78. The van der Waals surface area contributed by atoms with Gasteiger partial charge in [0, 0.05) is 43.4 Å². The second kappa shape index (κ2) is 7.51. The van der Waals surface area contributed by atoms with Gasteiger partial charge in [-0.2, -0.15) is 0 Å². The number of halogens is 1. The lowest BCUT2D eigenvalue weighted by molar-refractivity contribution is -0.122. The van der Waals surface area contributed by atoms with Crippen LogP contribution in [0.25, 0.3) is 0 Å². The third kappa shape index (κ3) is 4.50. The number of hydrogen-bond acceptors (Lipinski definition) is 4. The van der Waals surface area contributed by atoms with E-state index in [1.54, 1.807) is 17.2 Å². The number of hydrogen-bond donors (Lipinski definition) is 1. The monoisotopic (exact) mass is 354 g/mol. The van der Waals surface area contributed by atoms with Crippen molar-refractivity contribution in [1.29, 1.82) is 0 Å². The molecule has 1 aromatic rings. The Hall–Kier alpha value is -1.47. The first kappa shape index (κ1) is 15.9. The first-order valence-electron chi connectivity index (χ1n) is 7.00. The number of nitrogens with one attached hydrogen (secondary N) is 1. The second-order valence-corrected chi connectivity index (χ2v) is 5.80. The van der Waals surface area contributed by atoms with Gasteiger partial charge in [0.2, 0.25) is 5.91 Å². The molecule has 0 aliphatic carbocycles. The molecule has 7 heteroatoms. The number of carbonyl (C=O) groups is 2. The number of carbonyl (C=O) groups excluding carboxylic acids is 2. The fourth-order valence-corrected chi connectivity index (χ4v) is 2.46. The van der Waals surface area contributed by atoms with E-state index in [4.69, 9.17) is 0 Å². The van der Waals surface area contributed by atoms with E-state index in [1.165, 1.54) is 0 Å². The maximum atomic E-state index is 12.3. The molecule has 1 saturated heterocycles. The molecule has 1 fully saturated rings. The van der Waals surface area contributed by atoms with Crippen molar-refractivity contribution in [2.75, 3.05) is 39.3 Å². The van der Waals surface area contributed by atoms with E-state index in [0.717, 1.165) is 4.47 Å². The average Bonchev–Trinajstić information content (AvgIpc) is 2.48. The Morgan fingerprint density at radius 2 is 2.00 bits per heavy atom. The van der Waals surface area contributed by atoms with Crippen LogP contribution in [0, 0.1) is 0 Å². The molecule has 2 rings (SSSR count). The van der Waals surface area contributed by atoms with E-state index >= 15 is 0 Å². The van der Waals surface area contributed by atoms with Gasteiger partial charge in [0.05, 0.1) is 6.54 Å². The number of piperazine rings is 1. The van der Waals surface area contributed by atoms with Crippen molar-refractivity contribution >= 4 is 27.7 Å². The van der Waals surface area contributed by atoms with E-state index in [1.807, 2.05) is 13.0 Å². The zero-order valence-corrected chi connectivity index (χ0v) is 13.6. The predicted octanol–water partition coefficient (Wildman–Crippen LogP) is 0.738. The van der Waals surface area contributed by atoms with Crippen LogP contribution in [0.3, 0.4) is 0 Å². The second-order valence-electron chi connectivity index (χ2n) is 4.88. The summed E-state index contributed by atoms with van der Waals surface area (Å²) in [4.78, 5) is 31.8. The predicted molar refractivity (Wildman–Crippen MR) is 83.0 cm³/mol. The van der Waals surface area contributed by atoms with E-state index in [0.29, 0.717) is 45.0 Å². The van der Waals surface area contributed by atoms with Crippen LogP contribution in [0.2, 0.25) is 0 Å². The molecule has 21 heavy (non-hydrogen) atoms. The fraction of sp³-hybridized carbons (Fsp3) is 0.500. The number of rotatable bonds is 4. The van der Waals surface area contributed by atoms with Crippen LogP contribution < -0.4 is 5.32 Å². The van der Waals surface area contributed by atoms with Gasteiger partial charge in [-0.25, -0.2) is 4.98 Å². The Morgan fingerprint density at radius 1 is 1.29 bits per heavy atom. The molecule has 1 aliphatic heterocycles. The summed E-state index contributed by atoms with van der Waals surface area (Å²) in [5.74, 6) is -0.0213. The number of pyridine rings is 1. The lowest BCUT2D eigenvalue weighted by Crippen LogP contribution is -2.51. The lowest BCUT2D eigenvalue weighted by Gasteiger charge is -2.34. The summed E-state index contributed by atoms with van der Waals surface area (Å²) < 4.78 is 0.853. The number of likely N-dealkylation sites (N-methyl/N-ethyl adjacent to an activating group) is 1. The molecule has 0 bridgehead atoms. The van der Waals surface area contributed by atoms with Crippen LogP contribution >= 0.6 is 15.9 Å². The van der Waals surface area contributed by atoms with Crippen LogP contribution in [0.4, 0.5) is 0 Å². The highest BCUT2D eigenvalue weighted by Crippen LogP contribution is 2.11. The van der Waals surface area contributed by atoms with Gasteiger partial charge < -0.3 is 10.2 Å². The summed E-state index contributed by atoms with van der Waals surface area (Å²) in [6, 6.07) is 3.53. The van der Waals surface area contributed by atoms with E-state index in [-0.39, 0.29) is 11.8 Å². The van der Waals surface area contributed by atoms with E-state index in [2.05, 4.69) is 31.1 Å². The van der Waals surface area contributed by atoms with Crippen molar-refractivity contribution < 1.29 is 9.59 Å². The minimum Gasteiger partial charge on any atom is -0.355 e. The van der Waals surface area contributed by atoms with Crippen molar-refractivity contribution in [1.82, 2.24) is 20.1 Å². The quantitative estimate of drug-likeness (QED) is 0.865. The van der Waals surface area contributed by atoms with Gasteiger partial charge in [-0.15, -0.1) is 0 Å². The molecular formula is C14H19BrN4O2. The highest BCUT2D eigenvalue weighted by molar-refractivity contribution is 9.10. The zero-order chi connectivity index (χ0) is 15.2. The summed E-state index contributed by atoms with van der Waals surface area (Å²) >= 11 is 3.30. The van der Waals surface area contributed by atoms with Crippen molar-refractivity contribution in [3.63, 3.8) is 0 Å². The lowest BCUT2D eigenvalue weighted by atomic mass is 10.2. The van der Waals surface area contributed by atoms with Crippen LogP contribution in [0.5, 0.6) is 0 Å². The molecule has 0 atom stereocenters. The van der Waals surface area contributed by atoms with Crippen molar-refractivity contribution in [2.24, 2.45) is 0 Å². The summed E-state index contributed by atoms with van der Waals surface area (Å²) in [6.45, 7) is 5.60. The highest BCUT2D eigenvalue weighted by atomic mass is 79.9. The van der Waals surface area contributed by atoms with Gasteiger partial charge in [0.25, 0.3) is 5.91 Å². The molecule has 2 heterocycles. The maximum absolute atomic E-state index is 12.3. The molecule has 1 N–H and O–H groups in total. The van der Waals surface area contributed by atoms with Crippen LogP contribution in [-0.4, -0.2) is 65.9 Å². The Kier molecular flexibility index (Phi) is 5.69. The van der Waals surface area contributed by atoms with Crippen LogP contribution in [0.15, 0.2) is 22.8 Å². The average molecular weight is 355 g/mol. The van der Waals surface area contributed by atoms with E-state index in [9.17, 15) is 9.59 Å². The van der Waals surface area contributed by atoms with Gasteiger partial charge in [-0.3, -0.25) is 14.5 Å². The number of amides is 2. The molecule has 1 aromatic heterocycles. The van der Waals surface area contributed by atoms with Gasteiger partial charge >= 0.3 is 0 Å². The molecular weight excluding hydrogens is 336 g/mol. The standard InChI is InChI=1S/C14H19BrN4O2/c1-2-16-13(20)10-18-5-7-19(8-6-18)14(21)12-4-3-11(15)9-17-12/h3-4,9H,2,5-8,10H2,1H3,(H,16,20). The minimum atomic E-state index is -0.0554. The summed E-state index contributed by atoms with van der Waals surface area (Å²) in [6.07, 6.45) is 1.62. The molecule has 0 aromatic carbocycles. The third-order valence-corrected chi connectivity index (χ3v) is 3.82. The molecule has 0 spiro atoms. The van der Waals surface area contributed by atoms with Crippen molar-refractivity contribution in [3.05, 3.63) is 28.5 Å². The van der Waals surface area contributed by atoms with Crippen LogP contribution in [0.1, 0.15) is 17.4 Å². The first-order valence-corrected chi connectivity index (χ1v) is 7.79. The molecule has 2 amide bonds. The highest BCUT2D eigenvalue weighted by Gasteiger charge is 2.23. The fourth-order valence-electron chi connectivity index (χ4n) is 2.23. The topological polar surface area (TPSA) is 65.5 Å². The smallest absolute Gasteiger partial charge is 0.272 e. The largest absolute Gasteiger partial charge is 0.355 e. The third-order valence-electron chi connectivity index (χ3n) is 3.35. The summed E-state index contributed by atoms with van der Waals surface area (Å²) in [7, 11) is 0. The Bertz CT molecular complexity index is 498. The number of aromatic nitrogens is 1. The van der Waals surface area contributed by atoms with Gasteiger partial charge in [0.15, 0.2) is 0 Å². The Balaban J connectivity index is 1.84. The Labute approximate surface area is 132 Å². The zero-order valence-electron chi connectivity index (χ0n) is 12.0. The summed E-state index contributed by atoms with van der Waals surface area (Å²) in [5.41, 5.74) is 0.454. The molecule has 114 valence electrons. The van der Waals surface area contributed by atoms with Crippen LogP contribution in [-0.2, 0) is 4.79 Å². The molecule has 0 unspecified atom stereocenters. The van der Waals surface area contributed by atoms with Crippen molar-refractivity contribution in [2.45, 2.75) is 6.92 Å². The van der Waals surface area contributed by atoms with Gasteiger partial charge in [-0.05, 0) is 35.0 Å². The van der Waals surface area contributed by atoms with Crippen molar-refractivity contribution in [3.8, 4) is 0 Å². The first-order chi connectivity index (χ1) is 10.1. The molecule has 6 nitrogen and oxygen atoms in total. The van der Waals surface area contributed by atoms with Gasteiger partial charge in [-0.1, -0.05) is 0 Å². The SMILES string of the molecule is CCNC(=O)CN1CCN(C(=O)c2ccc(Br)cn2)CC1.